The molecular weight excluding hydrogens is 326 g/mol. The summed E-state index contributed by atoms with van der Waals surface area (Å²) in [5.41, 5.74) is 1.50. The van der Waals surface area contributed by atoms with Gasteiger partial charge in [-0.3, -0.25) is 14.3 Å². The Labute approximate surface area is 144 Å². The van der Waals surface area contributed by atoms with Gasteiger partial charge in [-0.1, -0.05) is 35.9 Å². The van der Waals surface area contributed by atoms with Gasteiger partial charge in [0.15, 0.2) is 0 Å². The van der Waals surface area contributed by atoms with Gasteiger partial charge < -0.3 is 4.90 Å². The predicted molar refractivity (Wildman–Crippen MR) is 93.9 cm³/mol. The molecule has 0 spiro atoms. The first-order valence-electron chi connectivity index (χ1n) is 7.48. The minimum absolute atomic E-state index is 0.0743. The molecule has 0 fully saturated rings. The van der Waals surface area contributed by atoms with Crippen LogP contribution in [0.1, 0.15) is 5.56 Å². The zero-order valence-electron chi connectivity index (χ0n) is 13.1. The molecule has 0 bridgehead atoms. The molecule has 0 saturated heterocycles. The lowest BCUT2D eigenvalue weighted by atomic mass is 10.2. The Kier molecular flexibility index (Phi) is 4.62. The van der Waals surface area contributed by atoms with Crippen LogP contribution in [0.5, 0.6) is 0 Å². The summed E-state index contributed by atoms with van der Waals surface area (Å²) in [6.07, 6.45) is 1.24. The molecule has 6 heteroatoms. The van der Waals surface area contributed by atoms with Gasteiger partial charge in [-0.25, -0.2) is 0 Å². The smallest absolute Gasteiger partial charge is 0.244 e. The number of benzene rings is 2. The lowest BCUT2D eigenvalue weighted by Crippen LogP contribution is -2.31. The number of halogens is 1. The van der Waals surface area contributed by atoms with Gasteiger partial charge >= 0.3 is 0 Å². The molecule has 0 atom stereocenters. The van der Waals surface area contributed by atoms with Crippen molar-refractivity contribution in [1.82, 2.24) is 14.7 Å². The Morgan fingerprint density at radius 2 is 1.88 bits per heavy atom. The van der Waals surface area contributed by atoms with E-state index in [1.54, 1.807) is 47.0 Å². The summed E-state index contributed by atoms with van der Waals surface area (Å²) >= 11 is 5.87. The average molecular weight is 342 g/mol. The van der Waals surface area contributed by atoms with E-state index in [9.17, 15) is 9.59 Å². The molecule has 0 saturated carbocycles. The van der Waals surface area contributed by atoms with Crippen LogP contribution in [0.2, 0.25) is 5.02 Å². The van der Waals surface area contributed by atoms with E-state index in [4.69, 9.17) is 11.6 Å². The van der Waals surface area contributed by atoms with Crippen molar-refractivity contribution >= 4 is 28.4 Å². The number of fused-ring (bicyclic) bond motifs is 1. The van der Waals surface area contributed by atoms with E-state index in [1.165, 1.54) is 6.20 Å². The minimum atomic E-state index is -0.149. The first-order chi connectivity index (χ1) is 11.5. The molecular formula is C18H16ClN3O2. The van der Waals surface area contributed by atoms with E-state index in [0.717, 1.165) is 5.56 Å². The fraction of sp³-hybridized carbons (Fsp3) is 0.167. The summed E-state index contributed by atoms with van der Waals surface area (Å²) < 4.78 is 1.55. The van der Waals surface area contributed by atoms with Crippen LogP contribution >= 0.6 is 11.6 Å². The third-order valence-corrected chi connectivity index (χ3v) is 4.06. The number of hydrogen-bond acceptors (Lipinski definition) is 3. The zero-order valence-corrected chi connectivity index (χ0v) is 13.9. The molecule has 24 heavy (non-hydrogen) atoms. The third-order valence-electron chi connectivity index (χ3n) is 3.81. The molecule has 122 valence electrons. The number of amides is 1. The maximum absolute atomic E-state index is 12.5. The lowest BCUT2D eigenvalue weighted by molar-refractivity contribution is -0.131. The van der Waals surface area contributed by atoms with E-state index >= 15 is 0 Å². The third kappa shape index (κ3) is 3.46. The maximum Gasteiger partial charge on any atom is 0.244 e. The van der Waals surface area contributed by atoms with Crippen molar-refractivity contribution < 1.29 is 4.79 Å². The molecule has 0 aliphatic carbocycles. The fourth-order valence-corrected chi connectivity index (χ4v) is 2.61. The quantitative estimate of drug-likeness (QED) is 0.733. The monoisotopic (exact) mass is 341 g/mol. The van der Waals surface area contributed by atoms with Gasteiger partial charge in [0.05, 0.1) is 11.7 Å². The Bertz CT molecular complexity index is 935. The Morgan fingerprint density at radius 1 is 1.17 bits per heavy atom. The zero-order chi connectivity index (χ0) is 17.1. The van der Waals surface area contributed by atoms with Crippen LogP contribution < -0.4 is 5.43 Å². The fourth-order valence-electron chi connectivity index (χ4n) is 2.49. The summed E-state index contributed by atoms with van der Waals surface area (Å²) in [6.45, 7) is 0.555. The van der Waals surface area contributed by atoms with Crippen molar-refractivity contribution in [2.75, 3.05) is 7.05 Å². The normalized spacial score (nSPS) is 10.8. The number of hydrogen-bond donors (Lipinski definition) is 0. The molecule has 0 aliphatic rings. The molecule has 0 N–H and O–H groups in total. The highest BCUT2D eigenvalue weighted by molar-refractivity contribution is 6.30. The number of rotatable bonds is 4. The number of likely N-dealkylation sites (N-methyl/N-ethyl adjacent to an activating group) is 1. The molecule has 3 aromatic rings. The summed E-state index contributed by atoms with van der Waals surface area (Å²) in [6, 6.07) is 14.5. The van der Waals surface area contributed by atoms with Gasteiger partial charge in [0.25, 0.3) is 0 Å². The van der Waals surface area contributed by atoms with Crippen molar-refractivity contribution in [2.45, 2.75) is 13.1 Å². The Morgan fingerprint density at radius 3 is 2.62 bits per heavy atom. The van der Waals surface area contributed by atoms with Gasteiger partial charge in [0, 0.05) is 24.0 Å². The van der Waals surface area contributed by atoms with Crippen LogP contribution in [-0.4, -0.2) is 27.6 Å². The van der Waals surface area contributed by atoms with Gasteiger partial charge in [-0.15, -0.1) is 0 Å². The first kappa shape index (κ1) is 16.2. The number of nitrogens with zero attached hydrogens (tertiary/aromatic N) is 3. The minimum Gasteiger partial charge on any atom is -0.340 e. The Balaban J connectivity index is 1.78. The van der Waals surface area contributed by atoms with Gasteiger partial charge in [-0.2, -0.15) is 5.10 Å². The molecule has 0 unspecified atom stereocenters. The molecule has 1 amide bonds. The van der Waals surface area contributed by atoms with Crippen LogP contribution in [0, 0.1) is 0 Å². The van der Waals surface area contributed by atoms with Crippen molar-refractivity contribution in [3.8, 4) is 0 Å². The summed E-state index contributed by atoms with van der Waals surface area (Å²) in [4.78, 5) is 25.9. The highest BCUT2D eigenvalue weighted by Gasteiger charge is 2.12. The molecule has 5 nitrogen and oxygen atoms in total. The van der Waals surface area contributed by atoms with E-state index in [0.29, 0.717) is 22.5 Å². The number of para-hydroxylation sites is 1. The van der Waals surface area contributed by atoms with Crippen LogP contribution in [0.3, 0.4) is 0 Å². The van der Waals surface area contributed by atoms with E-state index in [-0.39, 0.29) is 17.9 Å². The summed E-state index contributed by atoms with van der Waals surface area (Å²) in [7, 11) is 1.74. The van der Waals surface area contributed by atoms with Crippen molar-refractivity contribution in [3.63, 3.8) is 0 Å². The van der Waals surface area contributed by atoms with Gasteiger partial charge in [0.2, 0.25) is 11.3 Å². The topological polar surface area (TPSA) is 55.2 Å². The van der Waals surface area contributed by atoms with Crippen LogP contribution in [0.15, 0.2) is 59.5 Å². The lowest BCUT2D eigenvalue weighted by Gasteiger charge is -2.18. The van der Waals surface area contributed by atoms with E-state index in [1.807, 2.05) is 18.2 Å². The second kappa shape index (κ2) is 6.84. The molecule has 2 aromatic carbocycles. The molecule has 0 aliphatic heterocycles. The summed E-state index contributed by atoms with van der Waals surface area (Å²) in [5.74, 6) is -0.0914. The summed E-state index contributed by atoms with van der Waals surface area (Å²) in [5, 5.41) is 5.31. The highest BCUT2D eigenvalue weighted by atomic mass is 35.5. The van der Waals surface area contributed by atoms with Crippen molar-refractivity contribution in [3.05, 3.63) is 75.5 Å². The Hall–Kier alpha value is -2.66. The molecule has 0 radical (unpaired) electrons. The second-order valence-corrected chi connectivity index (χ2v) is 6.00. The van der Waals surface area contributed by atoms with E-state index in [2.05, 4.69) is 5.10 Å². The molecule has 1 heterocycles. The number of carbonyl (C=O) groups excluding carboxylic acids is 1. The average Bonchev–Trinajstić information content (AvgIpc) is 2.59. The molecule has 3 rings (SSSR count). The second-order valence-electron chi connectivity index (χ2n) is 5.56. The standard InChI is InChI=1S/C18H16ClN3O2/c1-21(11-13-6-8-14(19)9-7-13)18(24)12-22-16-5-3-2-4-15(16)17(23)10-20-22/h2-10H,11-12H2,1H3. The van der Waals surface area contributed by atoms with Crippen LogP contribution in [-0.2, 0) is 17.9 Å². The number of aromatic nitrogens is 2. The van der Waals surface area contributed by atoms with E-state index < -0.39 is 0 Å². The highest BCUT2D eigenvalue weighted by Crippen LogP contribution is 2.12. The predicted octanol–water partition coefficient (Wildman–Crippen LogP) is 2.71. The van der Waals surface area contributed by atoms with Gasteiger partial charge in [0.1, 0.15) is 6.54 Å². The maximum atomic E-state index is 12.5. The largest absolute Gasteiger partial charge is 0.340 e. The van der Waals surface area contributed by atoms with Crippen molar-refractivity contribution in [1.29, 1.82) is 0 Å². The SMILES string of the molecule is CN(Cc1ccc(Cl)cc1)C(=O)Cn1ncc(=O)c2ccccc21. The van der Waals surface area contributed by atoms with Crippen LogP contribution in [0.4, 0.5) is 0 Å². The van der Waals surface area contributed by atoms with Gasteiger partial charge in [-0.05, 0) is 29.8 Å². The van der Waals surface area contributed by atoms with Crippen LogP contribution in [0.25, 0.3) is 10.9 Å². The number of carbonyl (C=O) groups is 1. The van der Waals surface area contributed by atoms with Crippen molar-refractivity contribution in [2.24, 2.45) is 0 Å². The molecule has 1 aromatic heterocycles. The first-order valence-corrected chi connectivity index (χ1v) is 7.85.